The average molecular weight is 413 g/mol. The molecule has 2 atom stereocenters. The van der Waals surface area contributed by atoms with Gasteiger partial charge in [-0.3, -0.25) is 10.1 Å². The van der Waals surface area contributed by atoms with Gasteiger partial charge in [0.1, 0.15) is 6.61 Å². The normalized spacial score (nSPS) is 17.3. The summed E-state index contributed by atoms with van der Waals surface area (Å²) in [6.45, 7) is 6.68. The van der Waals surface area contributed by atoms with Crippen molar-refractivity contribution in [2.45, 2.75) is 33.6 Å². The van der Waals surface area contributed by atoms with E-state index in [0.717, 1.165) is 0 Å². The number of non-ortho nitro benzene ring substituents is 1. The molecule has 2 unspecified atom stereocenters. The highest BCUT2D eigenvalue weighted by Crippen LogP contribution is 2.39. The number of esters is 1. The standard InChI is InChI=1S/C21H23N3O6/c1-11(2)15(9-22)10-30-21(27)18-13(4)23-12(3)17(20(25)26)19(18)14-6-5-7-16(8-14)24(28)29/h5-8,11,15,19,23H,10H2,1-4H3,(H,25,26). The molecule has 1 aromatic rings. The van der Waals surface area contributed by atoms with E-state index in [2.05, 4.69) is 11.4 Å². The fourth-order valence-electron chi connectivity index (χ4n) is 3.32. The van der Waals surface area contributed by atoms with Crippen molar-refractivity contribution < 1.29 is 24.4 Å². The minimum absolute atomic E-state index is 0.0355. The maximum absolute atomic E-state index is 12.9. The third-order valence-corrected chi connectivity index (χ3v) is 4.99. The molecule has 0 bridgehead atoms. The van der Waals surface area contributed by atoms with Gasteiger partial charge in [-0.25, -0.2) is 9.59 Å². The number of nitro benzene ring substituents is 1. The van der Waals surface area contributed by atoms with E-state index in [0.29, 0.717) is 11.4 Å². The lowest BCUT2D eigenvalue weighted by atomic mass is 9.80. The number of hydrogen-bond donors (Lipinski definition) is 2. The van der Waals surface area contributed by atoms with Crippen molar-refractivity contribution in [1.82, 2.24) is 5.32 Å². The molecule has 2 N–H and O–H groups in total. The number of nitro groups is 1. The van der Waals surface area contributed by atoms with Crippen molar-refractivity contribution in [3.05, 3.63) is 62.5 Å². The lowest BCUT2D eigenvalue weighted by molar-refractivity contribution is -0.384. The van der Waals surface area contributed by atoms with E-state index in [4.69, 9.17) is 4.74 Å². The van der Waals surface area contributed by atoms with E-state index in [1.165, 1.54) is 24.3 Å². The lowest BCUT2D eigenvalue weighted by Gasteiger charge is -2.29. The van der Waals surface area contributed by atoms with E-state index < -0.39 is 28.7 Å². The van der Waals surface area contributed by atoms with Crippen molar-refractivity contribution in [3.8, 4) is 6.07 Å². The van der Waals surface area contributed by atoms with E-state index >= 15 is 0 Å². The Kier molecular flexibility index (Phi) is 6.95. The zero-order valence-corrected chi connectivity index (χ0v) is 17.1. The highest BCUT2D eigenvalue weighted by atomic mass is 16.6. The number of rotatable bonds is 7. The molecule has 30 heavy (non-hydrogen) atoms. The Bertz CT molecular complexity index is 987. The lowest BCUT2D eigenvalue weighted by Crippen LogP contribution is -2.32. The minimum Gasteiger partial charge on any atom is -0.478 e. The number of carbonyl (C=O) groups excluding carboxylic acids is 1. The Balaban J connectivity index is 2.53. The van der Waals surface area contributed by atoms with Crippen LogP contribution in [0.2, 0.25) is 0 Å². The molecule has 0 fully saturated rings. The number of nitrogens with one attached hydrogen (secondary N) is 1. The molecule has 0 aromatic heterocycles. The van der Waals surface area contributed by atoms with Crippen LogP contribution in [0, 0.1) is 33.3 Å². The second kappa shape index (κ2) is 9.22. The van der Waals surface area contributed by atoms with Crippen LogP contribution in [0.4, 0.5) is 5.69 Å². The number of carboxylic acids is 1. The number of benzene rings is 1. The predicted octanol–water partition coefficient (Wildman–Crippen LogP) is 3.25. The van der Waals surface area contributed by atoms with Crippen molar-refractivity contribution in [3.63, 3.8) is 0 Å². The van der Waals surface area contributed by atoms with Crippen molar-refractivity contribution in [1.29, 1.82) is 5.26 Å². The second-order valence-electron chi connectivity index (χ2n) is 7.37. The Labute approximate surface area is 173 Å². The highest BCUT2D eigenvalue weighted by Gasteiger charge is 2.38. The molecular weight excluding hydrogens is 390 g/mol. The smallest absolute Gasteiger partial charge is 0.336 e. The van der Waals surface area contributed by atoms with Crippen LogP contribution in [0.25, 0.3) is 0 Å². The topological polar surface area (TPSA) is 143 Å². The number of ether oxygens (including phenoxy) is 1. The first kappa shape index (κ1) is 22.6. The number of allylic oxidation sites excluding steroid dienone is 2. The van der Waals surface area contributed by atoms with E-state index in [-0.39, 0.29) is 34.9 Å². The number of dihydropyridines is 1. The maximum Gasteiger partial charge on any atom is 0.336 e. The van der Waals surface area contributed by atoms with Crippen LogP contribution in [0.1, 0.15) is 39.2 Å². The van der Waals surface area contributed by atoms with Gasteiger partial charge >= 0.3 is 11.9 Å². The molecule has 0 spiro atoms. The Morgan fingerprint density at radius 3 is 2.47 bits per heavy atom. The molecule has 9 heteroatoms. The first-order valence-electron chi connectivity index (χ1n) is 9.31. The van der Waals surface area contributed by atoms with Crippen molar-refractivity contribution >= 4 is 17.6 Å². The summed E-state index contributed by atoms with van der Waals surface area (Å²) in [5.74, 6) is -3.64. The van der Waals surface area contributed by atoms with E-state index in [9.17, 15) is 30.1 Å². The zero-order chi connectivity index (χ0) is 22.6. The van der Waals surface area contributed by atoms with Gasteiger partial charge < -0.3 is 15.2 Å². The molecule has 0 aliphatic carbocycles. The van der Waals surface area contributed by atoms with Gasteiger partial charge in [-0.05, 0) is 25.3 Å². The van der Waals surface area contributed by atoms with Crippen molar-refractivity contribution in [2.24, 2.45) is 11.8 Å². The number of aliphatic carboxylic acids is 1. The number of nitriles is 1. The number of carbonyl (C=O) groups is 2. The van der Waals surface area contributed by atoms with E-state index in [1.54, 1.807) is 13.8 Å². The highest BCUT2D eigenvalue weighted by molar-refractivity contribution is 5.99. The van der Waals surface area contributed by atoms with Gasteiger partial charge in [0.2, 0.25) is 0 Å². The molecule has 9 nitrogen and oxygen atoms in total. The quantitative estimate of drug-likeness (QED) is 0.394. The second-order valence-corrected chi connectivity index (χ2v) is 7.37. The maximum atomic E-state index is 12.9. The van der Waals surface area contributed by atoms with Crippen LogP contribution in [0.3, 0.4) is 0 Å². The van der Waals surface area contributed by atoms with Crippen LogP contribution in [0.5, 0.6) is 0 Å². The summed E-state index contributed by atoms with van der Waals surface area (Å²) in [6, 6.07) is 7.59. The average Bonchev–Trinajstić information content (AvgIpc) is 2.67. The summed E-state index contributed by atoms with van der Waals surface area (Å²) in [5, 5.41) is 33.1. The summed E-state index contributed by atoms with van der Waals surface area (Å²) < 4.78 is 5.35. The summed E-state index contributed by atoms with van der Waals surface area (Å²) in [7, 11) is 0. The summed E-state index contributed by atoms with van der Waals surface area (Å²) in [5.41, 5.74) is 0.715. The number of carboxylic acid groups (broad SMARTS) is 1. The Hall–Kier alpha value is -3.67. The monoisotopic (exact) mass is 413 g/mol. The van der Waals surface area contributed by atoms with Gasteiger partial charge in [0.05, 0.1) is 34.0 Å². The minimum atomic E-state index is -1.26. The van der Waals surface area contributed by atoms with Gasteiger partial charge in [-0.1, -0.05) is 26.0 Å². The molecule has 0 radical (unpaired) electrons. The van der Waals surface area contributed by atoms with Crippen molar-refractivity contribution in [2.75, 3.05) is 6.61 Å². The van der Waals surface area contributed by atoms with Crippen LogP contribution < -0.4 is 5.32 Å². The fraction of sp³-hybridized carbons (Fsp3) is 0.381. The summed E-state index contributed by atoms with van der Waals surface area (Å²) in [6.07, 6.45) is 0. The third kappa shape index (κ3) is 4.66. The van der Waals surface area contributed by atoms with Crippen LogP contribution >= 0.6 is 0 Å². The molecule has 1 aliphatic rings. The molecule has 1 heterocycles. The van der Waals surface area contributed by atoms with E-state index in [1.807, 2.05) is 13.8 Å². The number of hydrogen-bond acceptors (Lipinski definition) is 7. The van der Waals surface area contributed by atoms with Gasteiger partial charge in [0.25, 0.3) is 5.69 Å². The molecule has 0 saturated heterocycles. The zero-order valence-electron chi connectivity index (χ0n) is 17.1. The van der Waals surface area contributed by atoms with Gasteiger partial charge in [0.15, 0.2) is 0 Å². The SMILES string of the molecule is CC1=C(C(=O)O)C(c2cccc([N+](=O)[O-])c2)C(C(=O)OCC(C#N)C(C)C)=C(C)N1. The molecule has 0 saturated carbocycles. The summed E-state index contributed by atoms with van der Waals surface area (Å²) in [4.78, 5) is 35.6. The first-order chi connectivity index (χ1) is 14.1. The Morgan fingerprint density at radius 1 is 1.30 bits per heavy atom. The molecule has 0 amide bonds. The van der Waals surface area contributed by atoms with Crippen LogP contribution in [-0.4, -0.2) is 28.6 Å². The van der Waals surface area contributed by atoms with Gasteiger partial charge in [-0.15, -0.1) is 0 Å². The van der Waals surface area contributed by atoms with Crippen LogP contribution in [-0.2, 0) is 14.3 Å². The fourth-order valence-corrected chi connectivity index (χ4v) is 3.32. The van der Waals surface area contributed by atoms with Crippen LogP contribution in [0.15, 0.2) is 46.8 Å². The first-order valence-corrected chi connectivity index (χ1v) is 9.31. The summed E-state index contributed by atoms with van der Waals surface area (Å²) >= 11 is 0. The van der Waals surface area contributed by atoms with Gasteiger partial charge in [-0.2, -0.15) is 5.26 Å². The predicted molar refractivity (Wildman–Crippen MR) is 107 cm³/mol. The number of nitrogens with zero attached hydrogens (tertiary/aromatic N) is 2. The largest absolute Gasteiger partial charge is 0.478 e. The molecule has 2 rings (SSSR count). The Morgan fingerprint density at radius 2 is 1.93 bits per heavy atom. The third-order valence-electron chi connectivity index (χ3n) is 4.99. The van der Waals surface area contributed by atoms with Gasteiger partial charge in [0, 0.05) is 23.5 Å². The molecule has 158 valence electrons. The molecular formula is C21H23N3O6. The molecule has 1 aliphatic heterocycles. The molecule has 1 aromatic carbocycles.